The summed E-state index contributed by atoms with van der Waals surface area (Å²) in [6.45, 7) is 1.86. The van der Waals surface area contributed by atoms with Gasteiger partial charge < -0.3 is 0 Å². The second-order valence-electron chi connectivity index (χ2n) is 4.83. The maximum Gasteiger partial charge on any atom is 0.189 e. The molecule has 0 atom stereocenters. The van der Waals surface area contributed by atoms with Gasteiger partial charge in [0, 0.05) is 12.7 Å². The molecule has 0 amide bonds. The van der Waals surface area contributed by atoms with Crippen LogP contribution in [0.15, 0.2) is 48.9 Å². The zero-order valence-corrected chi connectivity index (χ0v) is 12.3. The monoisotopic (exact) mass is 293 g/mol. The molecule has 0 saturated heterocycles. The van der Waals surface area contributed by atoms with Crippen molar-refractivity contribution in [3.8, 4) is 5.69 Å². The quantitative estimate of drug-likeness (QED) is 0.546. The summed E-state index contributed by atoms with van der Waals surface area (Å²) in [6.07, 6.45) is 6.19. The molecule has 0 radical (unpaired) electrons. The van der Waals surface area contributed by atoms with E-state index >= 15 is 0 Å². The highest BCUT2D eigenvalue weighted by Gasteiger charge is 2.10. The first-order valence-corrected chi connectivity index (χ1v) is 6.83. The smallest absolute Gasteiger partial charge is 0.189 e. The van der Waals surface area contributed by atoms with Gasteiger partial charge in [-0.1, -0.05) is 18.2 Å². The molecule has 1 aromatic carbocycles. The molecule has 110 valence electrons. The number of carbonyl (C=O) groups is 1. The van der Waals surface area contributed by atoms with Gasteiger partial charge in [0.15, 0.2) is 11.6 Å². The first-order chi connectivity index (χ1) is 10.7. The summed E-state index contributed by atoms with van der Waals surface area (Å²) < 4.78 is 3.35. The standard InChI is InChI=1S/C16H15N5O/c1-12-14(10-18-20(12)2)15(22)8-9-16-17-11-19-21(16)13-6-4-3-5-7-13/h3-11H,1-2H3/b9-8+. The summed E-state index contributed by atoms with van der Waals surface area (Å²) in [5.41, 5.74) is 2.31. The van der Waals surface area contributed by atoms with Gasteiger partial charge in [0.25, 0.3) is 0 Å². The van der Waals surface area contributed by atoms with E-state index in [2.05, 4.69) is 15.2 Å². The SMILES string of the molecule is Cc1c(C(=O)/C=C/c2ncnn2-c2ccccc2)cnn1C. The van der Waals surface area contributed by atoms with Gasteiger partial charge in [-0.2, -0.15) is 10.2 Å². The number of hydrogen-bond donors (Lipinski definition) is 0. The molecule has 0 saturated carbocycles. The summed E-state index contributed by atoms with van der Waals surface area (Å²) in [5, 5.41) is 8.26. The Labute approximate surface area is 127 Å². The fraction of sp³-hybridized carbons (Fsp3) is 0.125. The third-order valence-electron chi connectivity index (χ3n) is 3.46. The molecule has 0 aliphatic heterocycles. The fourth-order valence-corrected chi connectivity index (χ4v) is 2.11. The lowest BCUT2D eigenvalue weighted by atomic mass is 10.1. The number of benzene rings is 1. The average molecular weight is 293 g/mol. The number of rotatable bonds is 4. The number of aryl methyl sites for hydroxylation is 1. The molecular formula is C16H15N5O. The molecule has 0 unspecified atom stereocenters. The zero-order valence-electron chi connectivity index (χ0n) is 12.3. The Hall–Kier alpha value is -3.02. The number of allylic oxidation sites excluding steroid dienone is 1. The van der Waals surface area contributed by atoms with Crippen molar-refractivity contribution in [1.82, 2.24) is 24.5 Å². The van der Waals surface area contributed by atoms with E-state index in [1.807, 2.05) is 44.3 Å². The minimum atomic E-state index is -0.104. The third-order valence-corrected chi connectivity index (χ3v) is 3.46. The summed E-state index contributed by atoms with van der Waals surface area (Å²) in [6, 6.07) is 9.65. The van der Waals surface area contributed by atoms with Crippen LogP contribution < -0.4 is 0 Å². The van der Waals surface area contributed by atoms with Crippen molar-refractivity contribution in [3.63, 3.8) is 0 Å². The van der Waals surface area contributed by atoms with Crippen LogP contribution in [0.5, 0.6) is 0 Å². The normalized spacial score (nSPS) is 11.2. The lowest BCUT2D eigenvalue weighted by Gasteiger charge is -2.02. The molecule has 6 heteroatoms. The Balaban J connectivity index is 1.87. The lowest BCUT2D eigenvalue weighted by Crippen LogP contribution is -2.01. The van der Waals surface area contributed by atoms with Crippen molar-refractivity contribution in [2.24, 2.45) is 7.05 Å². The van der Waals surface area contributed by atoms with Crippen molar-refractivity contribution < 1.29 is 4.79 Å². The van der Waals surface area contributed by atoms with Crippen molar-refractivity contribution in [1.29, 1.82) is 0 Å². The number of hydrogen-bond acceptors (Lipinski definition) is 4. The molecule has 0 spiro atoms. The van der Waals surface area contributed by atoms with Crippen LogP contribution in [0.1, 0.15) is 21.9 Å². The summed E-state index contributed by atoms with van der Waals surface area (Å²) >= 11 is 0. The van der Waals surface area contributed by atoms with Crippen LogP contribution >= 0.6 is 0 Å². The molecule has 2 aromatic heterocycles. The van der Waals surface area contributed by atoms with E-state index in [0.29, 0.717) is 11.4 Å². The van der Waals surface area contributed by atoms with E-state index in [1.54, 1.807) is 21.6 Å². The number of carbonyl (C=O) groups excluding carboxylic acids is 1. The maximum atomic E-state index is 12.2. The van der Waals surface area contributed by atoms with Crippen LogP contribution in [0, 0.1) is 6.92 Å². The third kappa shape index (κ3) is 2.58. The second-order valence-corrected chi connectivity index (χ2v) is 4.83. The minimum absolute atomic E-state index is 0.104. The topological polar surface area (TPSA) is 65.6 Å². The molecular weight excluding hydrogens is 278 g/mol. The van der Waals surface area contributed by atoms with E-state index in [4.69, 9.17) is 0 Å². The van der Waals surface area contributed by atoms with E-state index in [1.165, 1.54) is 12.4 Å². The first-order valence-electron chi connectivity index (χ1n) is 6.83. The average Bonchev–Trinajstić information content (AvgIpc) is 3.14. The van der Waals surface area contributed by atoms with Gasteiger partial charge in [-0.25, -0.2) is 9.67 Å². The molecule has 2 heterocycles. The highest BCUT2D eigenvalue weighted by molar-refractivity contribution is 6.07. The highest BCUT2D eigenvalue weighted by atomic mass is 16.1. The van der Waals surface area contributed by atoms with Crippen molar-refractivity contribution in [3.05, 3.63) is 66.0 Å². The molecule has 3 rings (SSSR count). The van der Waals surface area contributed by atoms with Gasteiger partial charge in [-0.05, 0) is 31.2 Å². The van der Waals surface area contributed by atoms with Gasteiger partial charge in [-0.15, -0.1) is 0 Å². The molecule has 0 aliphatic carbocycles. The Morgan fingerprint density at radius 3 is 2.64 bits per heavy atom. The van der Waals surface area contributed by atoms with Crippen molar-refractivity contribution in [2.75, 3.05) is 0 Å². The van der Waals surface area contributed by atoms with Crippen LogP contribution in [0.2, 0.25) is 0 Å². The molecule has 6 nitrogen and oxygen atoms in total. The Morgan fingerprint density at radius 2 is 1.95 bits per heavy atom. The molecule has 3 aromatic rings. The van der Waals surface area contributed by atoms with Crippen LogP contribution in [-0.2, 0) is 7.05 Å². The number of aromatic nitrogens is 5. The fourth-order valence-electron chi connectivity index (χ4n) is 2.11. The van der Waals surface area contributed by atoms with Gasteiger partial charge in [0.2, 0.25) is 0 Å². The second kappa shape index (κ2) is 5.77. The highest BCUT2D eigenvalue weighted by Crippen LogP contribution is 2.11. The predicted octanol–water partition coefficient (Wildman–Crippen LogP) is 2.21. The summed E-state index contributed by atoms with van der Waals surface area (Å²) in [7, 11) is 1.81. The van der Waals surface area contributed by atoms with E-state index in [0.717, 1.165) is 11.4 Å². The number of para-hydroxylation sites is 1. The predicted molar refractivity (Wildman–Crippen MR) is 82.7 cm³/mol. The number of ketones is 1. The Kier molecular flexibility index (Phi) is 3.65. The largest absolute Gasteiger partial charge is 0.289 e. The Morgan fingerprint density at radius 1 is 1.18 bits per heavy atom. The summed E-state index contributed by atoms with van der Waals surface area (Å²) in [4.78, 5) is 16.4. The summed E-state index contributed by atoms with van der Waals surface area (Å²) in [5.74, 6) is 0.495. The van der Waals surface area contributed by atoms with Crippen molar-refractivity contribution in [2.45, 2.75) is 6.92 Å². The molecule has 0 fully saturated rings. The van der Waals surface area contributed by atoms with Gasteiger partial charge in [0.05, 0.1) is 17.4 Å². The van der Waals surface area contributed by atoms with Crippen LogP contribution in [-0.4, -0.2) is 30.3 Å². The van der Waals surface area contributed by atoms with Crippen LogP contribution in [0.3, 0.4) is 0 Å². The van der Waals surface area contributed by atoms with Gasteiger partial charge >= 0.3 is 0 Å². The van der Waals surface area contributed by atoms with Crippen LogP contribution in [0.25, 0.3) is 11.8 Å². The van der Waals surface area contributed by atoms with E-state index in [9.17, 15) is 4.79 Å². The number of nitrogens with zero attached hydrogens (tertiary/aromatic N) is 5. The molecule has 0 N–H and O–H groups in total. The van der Waals surface area contributed by atoms with Gasteiger partial charge in [-0.3, -0.25) is 9.48 Å². The van der Waals surface area contributed by atoms with E-state index in [-0.39, 0.29) is 5.78 Å². The Bertz CT molecular complexity index is 829. The van der Waals surface area contributed by atoms with E-state index < -0.39 is 0 Å². The van der Waals surface area contributed by atoms with Gasteiger partial charge in [0.1, 0.15) is 6.33 Å². The maximum absolute atomic E-state index is 12.2. The molecule has 0 aliphatic rings. The molecule has 0 bridgehead atoms. The lowest BCUT2D eigenvalue weighted by molar-refractivity contribution is 0.104. The zero-order chi connectivity index (χ0) is 15.5. The first kappa shape index (κ1) is 13.9. The minimum Gasteiger partial charge on any atom is -0.289 e. The molecule has 22 heavy (non-hydrogen) atoms. The van der Waals surface area contributed by atoms with Crippen molar-refractivity contribution >= 4 is 11.9 Å². The van der Waals surface area contributed by atoms with Crippen LogP contribution in [0.4, 0.5) is 0 Å².